The van der Waals surface area contributed by atoms with Crippen LogP contribution in [-0.4, -0.2) is 36.9 Å². The van der Waals surface area contributed by atoms with Gasteiger partial charge in [0.05, 0.1) is 6.10 Å². The molecule has 2 atom stereocenters. The Bertz CT molecular complexity index is 492. The predicted octanol–water partition coefficient (Wildman–Crippen LogP) is -0.0732. The number of rotatable bonds is 4. The normalized spacial score (nSPS) is 22.4. The van der Waals surface area contributed by atoms with Gasteiger partial charge in [-0.3, -0.25) is 4.79 Å². The zero-order chi connectivity index (χ0) is 13.2. The topological polar surface area (TPSA) is 79.8 Å². The van der Waals surface area contributed by atoms with Gasteiger partial charge in [-0.25, -0.2) is 0 Å². The molecule has 6 heteroatoms. The van der Waals surface area contributed by atoms with Crippen LogP contribution < -0.4 is 20.1 Å². The SMILES string of the molecule is O=C1CC(NCC(O)c2ccc3c(c2)OCO3)CN1. The highest BCUT2D eigenvalue weighted by Gasteiger charge is 2.22. The van der Waals surface area contributed by atoms with Crippen molar-refractivity contribution in [1.29, 1.82) is 0 Å². The molecule has 19 heavy (non-hydrogen) atoms. The largest absolute Gasteiger partial charge is 0.454 e. The molecule has 0 aromatic heterocycles. The average molecular weight is 264 g/mol. The van der Waals surface area contributed by atoms with Crippen LogP contribution in [0, 0.1) is 0 Å². The third kappa shape index (κ3) is 2.64. The number of fused-ring (bicyclic) bond motifs is 1. The van der Waals surface area contributed by atoms with E-state index in [0.717, 1.165) is 5.56 Å². The molecular weight excluding hydrogens is 248 g/mol. The molecular formula is C13H16N2O4. The number of hydrogen-bond acceptors (Lipinski definition) is 5. The third-order valence-electron chi connectivity index (χ3n) is 3.36. The van der Waals surface area contributed by atoms with Gasteiger partial charge in [0, 0.05) is 25.6 Å². The van der Waals surface area contributed by atoms with Gasteiger partial charge in [-0.2, -0.15) is 0 Å². The summed E-state index contributed by atoms with van der Waals surface area (Å²) in [7, 11) is 0. The number of benzene rings is 1. The molecule has 1 fully saturated rings. The fourth-order valence-electron chi connectivity index (χ4n) is 2.27. The van der Waals surface area contributed by atoms with Gasteiger partial charge in [-0.1, -0.05) is 6.07 Å². The highest BCUT2D eigenvalue weighted by atomic mass is 16.7. The van der Waals surface area contributed by atoms with Crippen LogP contribution in [0.5, 0.6) is 11.5 Å². The summed E-state index contributed by atoms with van der Waals surface area (Å²) in [5.74, 6) is 1.42. The van der Waals surface area contributed by atoms with E-state index in [0.29, 0.717) is 31.0 Å². The summed E-state index contributed by atoms with van der Waals surface area (Å²) in [6.07, 6.45) is -0.168. The number of hydrogen-bond donors (Lipinski definition) is 3. The van der Waals surface area contributed by atoms with Gasteiger partial charge in [0.1, 0.15) is 0 Å². The first-order valence-corrected chi connectivity index (χ1v) is 6.30. The molecule has 0 bridgehead atoms. The molecule has 1 amide bonds. The van der Waals surface area contributed by atoms with Crippen molar-refractivity contribution in [1.82, 2.24) is 10.6 Å². The second-order valence-corrected chi connectivity index (χ2v) is 4.74. The molecule has 3 rings (SSSR count). The van der Waals surface area contributed by atoms with Crippen LogP contribution in [0.25, 0.3) is 0 Å². The van der Waals surface area contributed by atoms with Gasteiger partial charge in [0.25, 0.3) is 0 Å². The van der Waals surface area contributed by atoms with Crippen LogP contribution in [0.15, 0.2) is 18.2 Å². The zero-order valence-electron chi connectivity index (χ0n) is 10.4. The van der Waals surface area contributed by atoms with E-state index in [9.17, 15) is 9.90 Å². The van der Waals surface area contributed by atoms with Crippen LogP contribution >= 0.6 is 0 Å². The molecule has 0 spiro atoms. The Hall–Kier alpha value is -1.79. The first-order chi connectivity index (χ1) is 9.22. The second-order valence-electron chi connectivity index (χ2n) is 4.74. The molecule has 2 heterocycles. The van der Waals surface area contributed by atoms with Crippen molar-refractivity contribution in [2.24, 2.45) is 0 Å². The average Bonchev–Trinajstić information content (AvgIpc) is 3.03. The summed E-state index contributed by atoms with van der Waals surface area (Å²) in [5, 5.41) is 16.0. The minimum absolute atomic E-state index is 0.0510. The van der Waals surface area contributed by atoms with E-state index >= 15 is 0 Å². The van der Waals surface area contributed by atoms with E-state index in [4.69, 9.17) is 9.47 Å². The van der Waals surface area contributed by atoms with E-state index < -0.39 is 6.10 Å². The van der Waals surface area contributed by atoms with Gasteiger partial charge >= 0.3 is 0 Å². The second kappa shape index (κ2) is 5.07. The summed E-state index contributed by atoms with van der Waals surface area (Å²) >= 11 is 0. The Morgan fingerprint density at radius 1 is 1.42 bits per heavy atom. The van der Waals surface area contributed by atoms with E-state index in [2.05, 4.69) is 10.6 Å². The number of ether oxygens (including phenoxy) is 2. The number of aliphatic hydroxyl groups is 1. The van der Waals surface area contributed by atoms with Crippen LogP contribution in [0.3, 0.4) is 0 Å². The lowest BCUT2D eigenvalue weighted by molar-refractivity contribution is -0.119. The zero-order valence-corrected chi connectivity index (χ0v) is 10.4. The molecule has 2 unspecified atom stereocenters. The molecule has 3 N–H and O–H groups in total. The Kier molecular flexibility index (Phi) is 3.27. The Labute approximate surface area is 110 Å². The number of aliphatic hydroxyl groups excluding tert-OH is 1. The van der Waals surface area contributed by atoms with E-state index in [1.165, 1.54) is 0 Å². The van der Waals surface area contributed by atoms with Crippen molar-refractivity contribution < 1.29 is 19.4 Å². The fourth-order valence-corrected chi connectivity index (χ4v) is 2.27. The van der Waals surface area contributed by atoms with Crippen molar-refractivity contribution in [2.75, 3.05) is 19.9 Å². The third-order valence-corrected chi connectivity index (χ3v) is 3.36. The van der Waals surface area contributed by atoms with Crippen LogP contribution in [0.4, 0.5) is 0 Å². The van der Waals surface area contributed by atoms with Gasteiger partial charge < -0.3 is 25.2 Å². The van der Waals surface area contributed by atoms with Crippen LogP contribution in [0.1, 0.15) is 18.1 Å². The molecule has 1 saturated heterocycles. The monoisotopic (exact) mass is 264 g/mol. The summed E-state index contributed by atoms with van der Waals surface area (Å²) in [4.78, 5) is 11.1. The molecule has 1 aromatic rings. The van der Waals surface area contributed by atoms with Gasteiger partial charge in [-0.05, 0) is 17.7 Å². The highest BCUT2D eigenvalue weighted by molar-refractivity contribution is 5.78. The lowest BCUT2D eigenvalue weighted by atomic mass is 10.1. The molecule has 0 aliphatic carbocycles. The van der Waals surface area contributed by atoms with Crippen LogP contribution in [0.2, 0.25) is 0 Å². The molecule has 1 aromatic carbocycles. The summed E-state index contributed by atoms with van der Waals surface area (Å²) < 4.78 is 10.5. The molecule has 6 nitrogen and oxygen atoms in total. The molecule has 2 aliphatic heterocycles. The summed E-state index contributed by atoms with van der Waals surface area (Å²) in [5.41, 5.74) is 0.772. The van der Waals surface area contributed by atoms with Gasteiger partial charge in [0.2, 0.25) is 12.7 Å². The van der Waals surface area contributed by atoms with E-state index in [1.807, 2.05) is 6.07 Å². The first-order valence-electron chi connectivity index (χ1n) is 6.30. The lowest BCUT2D eigenvalue weighted by Crippen LogP contribution is -2.34. The van der Waals surface area contributed by atoms with E-state index in [-0.39, 0.29) is 18.7 Å². The summed E-state index contributed by atoms with van der Waals surface area (Å²) in [6, 6.07) is 5.49. The van der Waals surface area contributed by atoms with Crippen molar-refractivity contribution in [3.8, 4) is 11.5 Å². The maximum Gasteiger partial charge on any atom is 0.231 e. The van der Waals surface area contributed by atoms with Crippen molar-refractivity contribution >= 4 is 5.91 Å². The van der Waals surface area contributed by atoms with E-state index in [1.54, 1.807) is 12.1 Å². The van der Waals surface area contributed by atoms with Crippen molar-refractivity contribution in [2.45, 2.75) is 18.6 Å². The Balaban J connectivity index is 1.58. The molecule has 102 valence electrons. The highest BCUT2D eigenvalue weighted by Crippen LogP contribution is 2.34. The maximum atomic E-state index is 11.1. The number of nitrogens with one attached hydrogen (secondary N) is 2. The molecule has 2 aliphatic rings. The van der Waals surface area contributed by atoms with Gasteiger partial charge in [0.15, 0.2) is 11.5 Å². The number of carbonyl (C=O) groups excluding carboxylic acids is 1. The fraction of sp³-hybridized carbons (Fsp3) is 0.462. The predicted molar refractivity (Wildman–Crippen MR) is 66.9 cm³/mol. The van der Waals surface area contributed by atoms with Crippen molar-refractivity contribution in [3.63, 3.8) is 0 Å². The van der Waals surface area contributed by atoms with Crippen LogP contribution in [-0.2, 0) is 4.79 Å². The molecule has 0 saturated carbocycles. The Morgan fingerprint density at radius 3 is 3.05 bits per heavy atom. The number of carbonyl (C=O) groups is 1. The van der Waals surface area contributed by atoms with Gasteiger partial charge in [-0.15, -0.1) is 0 Å². The first kappa shape index (κ1) is 12.3. The lowest BCUT2D eigenvalue weighted by Gasteiger charge is -2.15. The quantitative estimate of drug-likeness (QED) is 0.709. The minimum Gasteiger partial charge on any atom is -0.454 e. The maximum absolute atomic E-state index is 11.1. The standard InChI is InChI=1S/C13H16N2O4/c16-10(6-14-9-4-13(17)15-5-9)8-1-2-11-12(3-8)19-7-18-11/h1-3,9-10,14,16H,4-7H2,(H,15,17). The van der Waals surface area contributed by atoms with Crippen molar-refractivity contribution in [3.05, 3.63) is 23.8 Å². The summed E-state index contributed by atoms with van der Waals surface area (Å²) in [6.45, 7) is 1.24. The number of amides is 1. The minimum atomic E-state index is -0.634. The smallest absolute Gasteiger partial charge is 0.231 e. The molecule has 0 radical (unpaired) electrons. The Morgan fingerprint density at radius 2 is 2.26 bits per heavy atom.